The fraction of sp³-hybridized carbons (Fsp3) is 0.297. The Labute approximate surface area is 269 Å². The van der Waals surface area contributed by atoms with E-state index in [9.17, 15) is 9.90 Å². The Morgan fingerprint density at radius 2 is 1.59 bits per heavy atom. The molecule has 2 aromatic heterocycles. The number of nitrogens with one attached hydrogen (secondary N) is 1. The molecule has 4 atom stereocenters. The van der Waals surface area contributed by atoms with E-state index in [-0.39, 0.29) is 36.3 Å². The van der Waals surface area contributed by atoms with Crippen LogP contribution in [0.3, 0.4) is 0 Å². The summed E-state index contributed by atoms with van der Waals surface area (Å²) in [6.07, 6.45) is 3.34. The normalized spacial score (nSPS) is 19.7. The van der Waals surface area contributed by atoms with Crippen LogP contribution in [-0.2, 0) is 29.0 Å². The van der Waals surface area contributed by atoms with Gasteiger partial charge in [-0.25, -0.2) is 4.98 Å². The van der Waals surface area contributed by atoms with E-state index in [4.69, 9.17) is 9.47 Å². The Balaban J connectivity index is 1.13. The average molecular weight is 618 g/mol. The van der Waals surface area contributed by atoms with Crippen molar-refractivity contribution in [3.05, 3.63) is 137 Å². The number of hydrogen-bond donors (Lipinski definition) is 2. The number of carbonyl (C=O) groups is 1. The first kappa shape index (κ1) is 31.4. The monoisotopic (exact) mass is 617 g/mol. The number of pyridine rings is 1. The Bertz CT molecular complexity index is 1730. The van der Waals surface area contributed by atoms with Gasteiger partial charge in [-0.3, -0.25) is 14.8 Å². The van der Waals surface area contributed by atoms with E-state index in [1.807, 2.05) is 91.1 Å². The van der Waals surface area contributed by atoms with Gasteiger partial charge in [-0.15, -0.1) is 0 Å². The molecule has 9 heteroatoms. The van der Waals surface area contributed by atoms with Crippen LogP contribution in [0, 0.1) is 5.92 Å². The molecular formula is C37H39N5O4. The Kier molecular flexibility index (Phi) is 10.0. The van der Waals surface area contributed by atoms with Gasteiger partial charge in [-0.1, -0.05) is 73.7 Å². The maximum absolute atomic E-state index is 12.8. The van der Waals surface area contributed by atoms with Crippen LogP contribution in [0.15, 0.2) is 103 Å². The van der Waals surface area contributed by atoms with Crippen molar-refractivity contribution in [2.24, 2.45) is 5.92 Å². The number of aliphatic hydroxyl groups is 1. The first-order valence-electron chi connectivity index (χ1n) is 15.6. The number of aliphatic hydroxyl groups excluding tert-OH is 1. The number of amides is 1. The summed E-state index contributed by atoms with van der Waals surface area (Å²) in [4.78, 5) is 28.3. The lowest BCUT2D eigenvalue weighted by molar-refractivity contribution is -0.275. The third kappa shape index (κ3) is 7.63. The van der Waals surface area contributed by atoms with Crippen molar-refractivity contribution in [3.63, 3.8) is 0 Å². The SMILES string of the molecule is C[C@H]1[C@@H](CN(C)CCc2ccccn2)O[C@@H](c2ccc(CNC(=O)c3cnc4ccccc4n3)cc2)O[C@H]1c1ccc(CO)cc1. The first-order valence-corrected chi connectivity index (χ1v) is 15.6. The van der Waals surface area contributed by atoms with E-state index in [0.29, 0.717) is 12.1 Å². The molecule has 1 saturated heterocycles. The van der Waals surface area contributed by atoms with Crippen molar-refractivity contribution in [2.45, 2.75) is 45.0 Å². The molecule has 1 aliphatic rings. The number of nitrogens with zero attached hydrogens (tertiary/aromatic N) is 4. The minimum Gasteiger partial charge on any atom is -0.392 e. The van der Waals surface area contributed by atoms with Crippen LogP contribution in [-0.4, -0.2) is 57.1 Å². The van der Waals surface area contributed by atoms with Gasteiger partial charge in [0.15, 0.2) is 6.29 Å². The number of fused-ring (bicyclic) bond motifs is 1. The number of carbonyl (C=O) groups excluding carboxylic acids is 1. The highest BCUT2D eigenvalue weighted by atomic mass is 16.7. The number of likely N-dealkylation sites (N-methyl/N-ethyl adjacent to an activating group) is 1. The maximum atomic E-state index is 12.8. The summed E-state index contributed by atoms with van der Waals surface area (Å²) in [5.74, 6) is -0.193. The van der Waals surface area contributed by atoms with E-state index in [1.165, 1.54) is 6.20 Å². The molecule has 0 saturated carbocycles. The summed E-state index contributed by atoms with van der Waals surface area (Å²) in [6, 6.07) is 29.4. The van der Waals surface area contributed by atoms with Crippen LogP contribution in [0.25, 0.3) is 11.0 Å². The van der Waals surface area contributed by atoms with Crippen LogP contribution in [0.2, 0.25) is 0 Å². The summed E-state index contributed by atoms with van der Waals surface area (Å²) in [5, 5.41) is 12.5. The molecule has 1 aliphatic heterocycles. The third-order valence-corrected chi connectivity index (χ3v) is 8.48. The van der Waals surface area contributed by atoms with Gasteiger partial charge >= 0.3 is 0 Å². The number of ether oxygens (including phenoxy) is 2. The first-order chi connectivity index (χ1) is 22.5. The molecule has 0 unspecified atom stereocenters. The number of para-hydroxylation sites is 2. The molecule has 3 aromatic carbocycles. The van der Waals surface area contributed by atoms with Gasteiger partial charge in [0, 0.05) is 49.4 Å². The number of hydrogen-bond acceptors (Lipinski definition) is 8. The second-order valence-electron chi connectivity index (χ2n) is 11.8. The van der Waals surface area contributed by atoms with Gasteiger partial charge in [-0.05, 0) is 48.0 Å². The lowest BCUT2D eigenvalue weighted by Gasteiger charge is -2.42. The molecule has 0 radical (unpaired) electrons. The van der Waals surface area contributed by atoms with Crippen LogP contribution in [0.5, 0.6) is 0 Å². The minimum absolute atomic E-state index is 0.000748. The van der Waals surface area contributed by atoms with Gasteiger partial charge in [0.1, 0.15) is 5.69 Å². The molecule has 236 valence electrons. The molecule has 6 rings (SSSR count). The predicted octanol–water partition coefficient (Wildman–Crippen LogP) is 5.41. The van der Waals surface area contributed by atoms with E-state index >= 15 is 0 Å². The van der Waals surface area contributed by atoms with Crippen LogP contribution < -0.4 is 5.32 Å². The third-order valence-electron chi connectivity index (χ3n) is 8.48. The minimum atomic E-state index is -0.565. The molecule has 9 nitrogen and oxygen atoms in total. The summed E-state index contributed by atoms with van der Waals surface area (Å²) in [5.41, 5.74) is 6.54. The maximum Gasteiger partial charge on any atom is 0.271 e. The van der Waals surface area contributed by atoms with Crippen molar-refractivity contribution in [3.8, 4) is 0 Å². The van der Waals surface area contributed by atoms with Crippen molar-refractivity contribution in [1.82, 2.24) is 25.2 Å². The van der Waals surface area contributed by atoms with E-state index in [1.54, 1.807) is 0 Å². The topological polar surface area (TPSA) is 110 Å². The quantitative estimate of drug-likeness (QED) is 0.203. The Morgan fingerprint density at radius 3 is 2.33 bits per heavy atom. The molecule has 0 spiro atoms. The molecule has 5 aromatic rings. The highest BCUT2D eigenvalue weighted by Crippen LogP contribution is 2.41. The lowest BCUT2D eigenvalue weighted by Crippen LogP contribution is -2.43. The summed E-state index contributed by atoms with van der Waals surface area (Å²) in [6.45, 7) is 4.11. The van der Waals surface area contributed by atoms with E-state index in [0.717, 1.165) is 53.0 Å². The van der Waals surface area contributed by atoms with Gasteiger partial charge < -0.3 is 24.8 Å². The molecule has 1 amide bonds. The summed E-state index contributed by atoms with van der Waals surface area (Å²) < 4.78 is 13.2. The molecule has 3 heterocycles. The molecule has 46 heavy (non-hydrogen) atoms. The van der Waals surface area contributed by atoms with Crippen LogP contribution in [0.1, 0.15) is 57.8 Å². The molecule has 0 aliphatic carbocycles. The molecule has 0 bridgehead atoms. The highest BCUT2D eigenvalue weighted by Gasteiger charge is 2.38. The second kappa shape index (κ2) is 14.7. The van der Waals surface area contributed by atoms with Crippen LogP contribution in [0.4, 0.5) is 0 Å². The van der Waals surface area contributed by atoms with Gasteiger partial charge in [0.2, 0.25) is 0 Å². The summed E-state index contributed by atoms with van der Waals surface area (Å²) in [7, 11) is 2.11. The molecule has 2 N–H and O–H groups in total. The van der Waals surface area contributed by atoms with Crippen molar-refractivity contribution < 1.29 is 19.4 Å². The smallest absolute Gasteiger partial charge is 0.271 e. The fourth-order valence-corrected chi connectivity index (χ4v) is 5.71. The van der Waals surface area contributed by atoms with Crippen molar-refractivity contribution in [2.75, 3.05) is 20.1 Å². The molecule has 1 fully saturated rings. The molecular weight excluding hydrogens is 578 g/mol. The zero-order valence-electron chi connectivity index (χ0n) is 26.1. The lowest BCUT2D eigenvalue weighted by atomic mass is 9.90. The van der Waals surface area contributed by atoms with Crippen LogP contribution >= 0.6 is 0 Å². The Morgan fingerprint density at radius 1 is 0.870 bits per heavy atom. The van der Waals surface area contributed by atoms with Crippen molar-refractivity contribution in [1.29, 1.82) is 0 Å². The number of aromatic nitrogens is 3. The predicted molar refractivity (Wildman–Crippen MR) is 176 cm³/mol. The second-order valence-corrected chi connectivity index (χ2v) is 11.8. The number of rotatable bonds is 11. The number of benzene rings is 3. The highest BCUT2D eigenvalue weighted by molar-refractivity contribution is 5.93. The van der Waals surface area contributed by atoms with E-state index in [2.05, 4.69) is 45.2 Å². The van der Waals surface area contributed by atoms with E-state index < -0.39 is 6.29 Å². The zero-order valence-corrected chi connectivity index (χ0v) is 26.1. The Hall–Kier alpha value is -4.54. The van der Waals surface area contributed by atoms with Gasteiger partial charge in [0.25, 0.3) is 5.91 Å². The summed E-state index contributed by atoms with van der Waals surface area (Å²) >= 11 is 0. The zero-order chi connectivity index (χ0) is 31.9. The largest absolute Gasteiger partial charge is 0.392 e. The van der Waals surface area contributed by atoms with Crippen molar-refractivity contribution >= 4 is 16.9 Å². The standard InChI is InChI=1S/C37H39N5O4/c1-25-34(23-42(2)20-18-30-7-5-6-19-38-30)45-37(46-35(25)28-14-12-27(24-43)13-15-28)29-16-10-26(11-17-29)21-40-36(44)33-22-39-31-8-3-4-9-32(31)41-33/h3-17,19,22,25,34-35,37,43H,18,20-21,23-24H2,1-2H3,(H,40,44)/t25-,34+,35+,37+/m0/s1. The average Bonchev–Trinajstić information content (AvgIpc) is 3.11. The van der Waals surface area contributed by atoms with Gasteiger partial charge in [-0.2, -0.15) is 0 Å². The fourth-order valence-electron chi connectivity index (χ4n) is 5.71. The van der Waals surface area contributed by atoms with Gasteiger partial charge in [0.05, 0.1) is 36.0 Å².